The van der Waals surface area contributed by atoms with Gasteiger partial charge in [0.2, 0.25) is 0 Å². The molecule has 1 atom stereocenters. The van der Waals surface area contributed by atoms with Crippen molar-refractivity contribution < 1.29 is 9.53 Å². The molecule has 0 bridgehead atoms. The first kappa shape index (κ1) is 18.2. The number of carbonyl (C=O) groups excluding carboxylic acids is 1. The first-order valence-corrected chi connectivity index (χ1v) is 7.74. The lowest BCUT2D eigenvalue weighted by Crippen LogP contribution is -2.17. The van der Waals surface area contributed by atoms with Crippen LogP contribution < -0.4 is 5.73 Å². The number of rotatable bonds is 8. The zero-order valence-electron chi connectivity index (χ0n) is 13.8. The Morgan fingerprint density at radius 2 is 1.86 bits per heavy atom. The van der Waals surface area contributed by atoms with Gasteiger partial charge in [-0.3, -0.25) is 4.79 Å². The second kappa shape index (κ2) is 9.96. The predicted octanol–water partition coefficient (Wildman–Crippen LogP) is 4.31. The molecule has 2 N–H and O–H groups in total. The van der Waals surface area contributed by atoms with Crippen molar-refractivity contribution in [2.24, 2.45) is 5.73 Å². The van der Waals surface area contributed by atoms with E-state index in [1.165, 1.54) is 11.1 Å². The molecule has 0 amide bonds. The van der Waals surface area contributed by atoms with Gasteiger partial charge in [-0.15, -0.1) is 0 Å². The smallest absolute Gasteiger partial charge is 0.308 e. The van der Waals surface area contributed by atoms with E-state index in [4.69, 9.17) is 10.5 Å². The summed E-state index contributed by atoms with van der Waals surface area (Å²) in [5, 5.41) is 0. The average Bonchev–Trinajstić information content (AvgIpc) is 2.47. The molecule has 0 aliphatic carbocycles. The lowest BCUT2D eigenvalue weighted by molar-refractivity contribution is -0.142. The largest absolute Gasteiger partial charge is 0.461 e. The van der Waals surface area contributed by atoms with Crippen molar-refractivity contribution in [3.63, 3.8) is 0 Å². The monoisotopic (exact) mass is 301 g/mol. The first-order valence-electron chi connectivity index (χ1n) is 7.74. The van der Waals surface area contributed by atoms with Crippen LogP contribution in [0, 0.1) is 0 Å². The number of ether oxygens (including phenoxy) is 1. The van der Waals surface area contributed by atoms with Crippen LogP contribution in [0.15, 0.2) is 53.6 Å². The molecule has 0 aliphatic rings. The average molecular weight is 301 g/mol. The highest BCUT2D eigenvalue weighted by atomic mass is 16.5. The standard InChI is InChI=1S/C19H27NO2/c1-15(2)8-7-9-16(3)12-13-22-19(21)14-18(20)17-10-5-4-6-11-17/h4-6,8,10-12,18H,7,9,13-14,20H2,1-3H3/b16-12+/t18-/m1/s1. The minimum Gasteiger partial charge on any atom is -0.461 e. The van der Waals surface area contributed by atoms with E-state index < -0.39 is 0 Å². The van der Waals surface area contributed by atoms with E-state index in [1.54, 1.807) is 0 Å². The number of benzene rings is 1. The second-order valence-electron chi connectivity index (χ2n) is 5.77. The molecule has 0 aromatic heterocycles. The first-order chi connectivity index (χ1) is 10.5. The van der Waals surface area contributed by atoms with Crippen molar-refractivity contribution in [1.29, 1.82) is 0 Å². The molecule has 0 fully saturated rings. The molecule has 0 radical (unpaired) electrons. The van der Waals surface area contributed by atoms with Gasteiger partial charge in [0.1, 0.15) is 6.61 Å². The van der Waals surface area contributed by atoms with E-state index in [2.05, 4.69) is 26.8 Å². The summed E-state index contributed by atoms with van der Waals surface area (Å²) in [5.41, 5.74) is 9.51. The van der Waals surface area contributed by atoms with Gasteiger partial charge in [-0.05, 0) is 45.3 Å². The van der Waals surface area contributed by atoms with Gasteiger partial charge in [-0.2, -0.15) is 0 Å². The molecule has 120 valence electrons. The van der Waals surface area contributed by atoms with E-state index >= 15 is 0 Å². The Morgan fingerprint density at radius 3 is 2.50 bits per heavy atom. The van der Waals surface area contributed by atoms with Crippen LogP contribution in [0.25, 0.3) is 0 Å². The second-order valence-corrected chi connectivity index (χ2v) is 5.77. The van der Waals surface area contributed by atoms with Crippen LogP contribution >= 0.6 is 0 Å². The number of allylic oxidation sites excluding steroid dienone is 3. The van der Waals surface area contributed by atoms with E-state index in [1.807, 2.05) is 36.4 Å². The lowest BCUT2D eigenvalue weighted by atomic mass is 10.1. The molecule has 3 nitrogen and oxygen atoms in total. The molecular weight excluding hydrogens is 274 g/mol. The summed E-state index contributed by atoms with van der Waals surface area (Å²) >= 11 is 0. The fourth-order valence-corrected chi connectivity index (χ4v) is 2.02. The SMILES string of the molecule is CC(C)=CCC/C(C)=C/COC(=O)C[C@@H](N)c1ccccc1. The van der Waals surface area contributed by atoms with Gasteiger partial charge in [0.25, 0.3) is 0 Å². The molecule has 0 aliphatic heterocycles. The number of carbonyl (C=O) groups is 1. The van der Waals surface area contributed by atoms with Crippen molar-refractivity contribution in [3.8, 4) is 0 Å². The zero-order chi connectivity index (χ0) is 16.4. The molecule has 1 aromatic carbocycles. The third-order valence-corrected chi connectivity index (χ3v) is 3.38. The minimum atomic E-state index is -0.309. The van der Waals surface area contributed by atoms with Crippen LogP contribution in [0.4, 0.5) is 0 Å². The molecule has 0 spiro atoms. The van der Waals surface area contributed by atoms with Crippen LogP contribution in [0.3, 0.4) is 0 Å². The van der Waals surface area contributed by atoms with E-state index in [0.29, 0.717) is 6.61 Å². The van der Waals surface area contributed by atoms with Gasteiger partial charge in [-0.1, -0.05) is 47.6 Å². The Balaban J connectivity index is 2.29. The van der Waals surface area contributed by atoms with Crippen molar-refractivity contribution in [2.45, 2.75) is 46.1 Å². The minimum absolute atomic E-state index is 0.203. The highest BCUT2D eigenvalue weighted by Crippen LogP contribution is 2.14. The van der Waals surface area contributed by atoms with Crippen LogP contribution in [-0.4, -0.2) is 12.6 Å². The number of hydrogen-bond donors (Lipinski definition) is 1. The Morgan fingerprint density at radius 1 is 1.18 bits per heavy atom. The number of hydrogen-bond acceptors (Lipinski definition) is 3. The van der Waals surface area contributed by atoms with E-state index in [9.17, 15) is 4.79 Å². The van der Waals surface area contributed by atoms with Crippen LogP contribution in [-0.2, 0) is 9.53 Å². The molecule has 0 unspecified atom stereocenters. The highest BCUT2D eigenvalue weighted by Gasteiger charge is 2.11. The molecule has 0 saturated heterocycles. The molecule has 0 heterocycles. The number of esters is 1. The summed E-state index contributed by atoms with van der Waals surface area (Å²) < 4.78 is 5.22. The third kappa shape index (κ3) is 7.79. The summed E-state index contributed by atoms with van der Waals surface area (Å²) in [6, 6.07) is 9.29. The highest BCUT2D eigenvalue weighted by molar-refractivity contribution is 5.70. The van der Waals surface area contributed by atoms with Gasteiger partial charge in [0.05, 0.1) is 6.42 Å². The van der Waals surface area contributed by atoms with Gasteiger partial charge in [0.15, 0.2) is 0 Å². The van der Waals surface area contributed by atoms with E-state index in [0.717, 1.165) is 18.4 Å². The molecule has 1 rings (SSSR count). The normalized spacial score (nSPS) is 12.6. The molecule has 1 aromatic rings. The Bertz CT molecular complexity index is 513. The predicted molar refractivity (Wildman–Crippen MR) is 91.4 cm³/mol. The van der Waals surface area contributed by atoms with Crippen molar-refractivity contribution in [2.75, 3.05) is 6.61 Å². The Labute approximate surface area is 133 Å². The van der Waals surface area contributed by atoms with Gasteiger partial charge in [0, 0.05) is 6.04 Å². The lowest BCUT2D eigenvalue weighted by Gasteiger charge is -2.11. The Hall–Kier alpha value is -1.87. The van der Waals surface area contributed by atoms with Crippen molar-refractivity contribution in [3.05, 3.63) is 59.2 Å². The fourth-order valence-electron chi connectivity index (χ4n) is 2.02. The summed E-state index contributed by atoms with van der Waals surface area (Å²) in [6.07, 6.45) is 6.39. The van der Waals surface area contributed by atoms with Gasteiger partial charge in [-0.25, -0.2) is 0 Å². The van der Waals surface area contributed by atoms with E-state index in [-0.39, 0.29) is 18.4 Å². The maximum Gasteiger partial charge on any atom is 0.308 e. The van der Waals surface area contributed by atoms with Crippen molar-refractivity contribution in [1.82, 2.24) is 0 Å². The summed E-state index contributed by atoms with van der Waals surface area (Å²) in [6.45, 7) is 6.57. The quantitative estimate of drug-likeness (QED) is 0.575. The van der Waals surface area contributed by atoms with Crippen LogP contribution in [0.1, 0.15) is 51.6 Å². The van der Waals surface area contributed by atoms with Crippen LogP contribution in [0.2, 0.25) is 0 Å². The van der Waals surface area contributed by atoms with Crippen molar-refractivity contribution >= 4 is 5.97 Å². The zero-order valence-corrected chi connectivity index (χ0v) is 13.8. The fraction of sp³-hybridized carbons (Fsp3) is 0.421. The molecular formula is C19H27NO2. The maximum absolute atomic E-state index is 11.8. The van der Waals surface area contributed by atoms with Gasteiger partial charge >= 0.3 is 5.97 Å². The van der Waals surface area contributed by atoms with Gasteiger partial charge < -0.3 is 10.5 Å². The maximum atomic E-state index is 11.8. The van der Waals surface area contributed by atoms with Crippen LogP contribution in [0.5, 0.6) is 0 Å². The summed E-state index contributed by atoms with van der Waals surface area (Å²) in [5.74, 6) is -0.260. The molecule has 0 saturated carbocycles. The summed E-state index contributed by atoms with van der Waals surface area (Å²) in [7, 11) is 0. The summed E-state index contributed by atoms with van der Waals surface area (Å²) in [4.78, 5) is 11.8. The Kier molecular flexibility index (Phi) is 8.23. The number of nitrogens with two attached hydrogens (primary N) is 1. The third-order valence-electron chi connectivity index (χ3n) is 3.38. The molecule has 22 heavy (non-hydrogen) atoms. The molecule has 3 heteroatoms. The topological polar surface area (TPSA) is 52.3 Å².